The van der Waals surface area contributed by atoms with Gasteiger partial charge in [-0.2, -0.15) is 10.1 Å². The Morgan fingerprint density at radius 3 is 2.44 bits per heavy atom. The number of phenols is 1. The quantitative estimate of drug-likeness (QED) is 0.358. The monoisotopic (exact) mass is 486 g/mol. The summed E-state index contributed by atoms with van der Waals surface area (Å²) in [6.07, 6.45) is 1.68. The Morgan fingerprint density at radius 2 is 1.72 bits per heavy atom. The van der Waals surface area contributed by atoms with E-state index in [0.29, 0.717) is 17.5 Å². The zero-order chi connectivity index (χ0) is 25.1. The summed E-state index contributed by atoms with van der Waals surface area (Å²) < 4.78 is 7.08. The number of anilines is 5. The average Bonchev–Trinajstić information content (AvgIpc) is 3.25. The molecule has 5 rings (SSSR count). The number of hydrogen-bond acceptors (Lipinski definition) is 9. The van der Waals surface area contributed by atoms with Gasteiger partial charge in [-0.3, -0.25) is 0 Å². The van der Waals surface area contributed by atoms with Crippen LogP contribution in [0.15, 0.2) is 60.8 Å². The molecule has 1 saturated heterocycles. The molecule has 0 radical (unpaired) electrons. The predicted octanol–water partition coefficient (Wildman–Crippen LogP) is 3.92. The van der Waals surface area contributed by atoms with E-state index in [0.717, 1.165) is 54.8 Å². The second-order valence-corrected chi connectivity index (χ2v) is 8.79. The first-order valence-corrected chi connectivity index (χ1v) is 11.8. The standard InChI is InChI=1S/C26H30N8O2/c1-18-16-25(34(31-18)20-5-7-21(36-3)8-6-20)29-24-10-11-27-26(30-24)28-19-4-9-22(23(35)17-19)33-14-12-32(2)13-15-33/h4-11,16-17,35H,12-15H2,1-3H3,(H2,27,28,29,30). The number of piperazine rings is 1. The summed E-state index contributed by atoms with van der Waals surface area (Å²) in [6.45, 7) is 5.67. The number of aromatic hydroxyl groups is 1. The summed E-state index contributed by atoms with van der Waals surface area (Å²) in [6, 6.07) is 17.0. The molecule has 0 unspecified atom stereocenters. The SMILES string of the molecule is COc1ccc(-n2nc(C)cc2Nc2ccnc(Nc3ccc(N4CCN(C)CC4)c(O)c3)n2)cc1. The van der Waals surface area contributed by atoms with Gasteiger partial charge in [-0.25, -0.2) is 9.67 Å². The Balaban J connectivity index is 1.31. The molecule has 1 aliphatic heterocycles. The third-order valence-corrected chi connectivity index (χ3v) is 6.14. The molecule has 0 atom stereocenters. The van der Waals surface area contributed by atoms with E-state index in [1.54, 1.807) is 25.4 Å². The molecule has 0 aliphatic carbocycles. The predicted molar refractivity (Wildman–Crippen MR) is 141 cm³/mol. The van der Waals surface area contributed by atoms with Gasteiger partial charge < -0.3 is 30.3 Å². The summed E-state index contributed by atoms with van der Waals surface area (Å²) in [5.74, 6) is 2.82. The van der Waals surface area contributed by atoms with Gasteiger partial charge in [0.25, 0.3) is 0 Å². The van der Waals surface area contributed by atoms with Gasteiger partial charge in [-0.1, -0.05) is 0 Å². The highest BCUT2D eigenvalue weighted by Crippen LogP contribution is 2.32. The Hall–Kier alpha value is -4.31. The summed E-state index contributed by atoms with van der Waals surface area (Å²) >= 11 is 0. The van der Waals surface area contributed by atoms with E-state index in [-0.39, 0.29) is 5.75 Å². The largest absolute Gasteiger partial charge is 0.506 e. The van der Waals surface area contributed by atoms with Gasteiger partial charge >= 0.3 is 0 Å². The molecule has 3 N–H and O–H groups in total. The van der Waals surface area contributed by atoms with Crippen LogP contribution in [0.1, 0.15) is 5.69 Å². The summed E-state index contributed by atoms with van der Waals surface area (Å²) in [4.78, 5) is 13.4. The maximum Gasteiger partial charge on any atom is 0.229 e. The lowest BCUT2D eigenvalue weighted by atomic mass is 10.2. The van der Waals surface area contributed by atoms with Crippen molar-refractivity contribution in [3.63, 3.8) is 0 Å². The first-order chi connectivity index (χ1) is 17.5. The summed E-state index contributed by atoms with van der Waals surface area (Å²) in [7, 11) is 3.76. The van der Waals surface area contributed by atoms with Crippen LogP contribution in [0.25, 0.3) is 5.69 Å². The molecule has 0 spiro atoms. The number of benzene rings is 2. The maximum atomic E-state index is 10.6. The van der Waals surface area contributed by atoms with Crippen LogP contribution >= 0.6 is 0 Å². The number of nitrogens with zero attached hydrogens (tertiary/aromatic N) is 6. The fraction of sp³-hybridized carbons (Fsp3) is 0.269. The minimum Gasteiger partial charge on any atom is -0.506 e. The van der Waals surface area contributed by atoms with E-state index in [1.807, 2.05) is 54.1 Å². The number of hydrogen-bond donors (Lipinski definition) is 3. The van der Waals surface area contributed by atoms with E-state index >= 15 is 0 Å². The van der Waals surface area contributed by atoms with Crippen LogP contribution in [-0.2, 0) is 0 Å². The van der Waals surface area contributed by atoms with E-state index in [9.17, 15) is 5.11 Å². The molecule has 3 heterocycles. The van der Waals surface area contributed by atoms with Gasteiger partial charge in [-0.15, -0.1) is 0 Å². The minimum absolute atomic E-state index is 0.234. The molecule has 186 valence electrons. The van der Waals surface area contributed by atoms with Gasteiger partial charge in [0.05, 0.1) is 24.2 Å². The molecule has 10 nitrogen and oxygen atoms in total. The van der Waals surface area contributed by atoms with Gasteiger partial charge in [0, 0.05) is 50.2 Å². The van der Waals surface area contributed by atoms with Crippen molar-refractivity contribution in [2.45, 2.75) is 6.92 Å². The number of ether oxygens (including phenoxy) is 1. The van der Waals surface area contributed by atoms with Crippen LogP contribution in [0.3, 0.4) is 0 Å². The van der Waals surface area contributed by atoms with E-state index in [1.165, 1.54) is 0 Å². The van der Waals surface area contributed by atoms with Crippen molar-refractivity contribution in [1.29, 1.82) is 0 Å². The van der Waals surface area contributed by atoms with Gasteiger partial charge in [0.15, 0.2) is 0 Å². The molecular weight excluding hydrogens is 456 g/mol. The molecule has 10 heteroatoms. The van der Waals surface area contributed by atoms with Gasteiger partial charge in [-0.05, 0) is 56.4 Å². The molecule has 1 fully saturated rings. The van der Waals surface area contributed by atoms with Gasteiger partial charge in [0.2, 0.25) is 5.95 Å². The fourth-order valence-electron chi connectivity index (χ4n) is 4.17. The fourth-order valence-corrected chi connectivity index (χ4v) is 4.17. The topological polar surface area (TPSA) is 104 Å². The molecule has 2 aromatic heterocycles. The number of nitrogens with one attached hydrogen (secondary N) is 2. The Bertz CT molecular complexity index is 1330. The number of likely N-dealkylation sites (N-methyl/N-ethyl adjacent to an activating group) is 1. The van der Waals surface area contributed by atoms with Crippen molar-refractivity contribution in [1.82, 2.24) is 24.6 Å². The summed E-state index contributed by atoms with van der Waals surface area (Å²) in [5.41, 5.74) is 3.32. The first kappa shape index (κ1) is 23.4. The van der Waals surface area contributed by atoms with Crippen LogP contribution in [0, 0.1) is 6.92 Å². The molecule has 36 heavy (non-hydrogen) atoms. The number of aryl methyl sites for hydroxylation is 1. The van der Waals surface area contributed by atoms with E-state index < -0.39 is 0 Å². The first-order valence-electron chi connectivity index (χ1n) is 11.8. The van der Waals surface area contributed by atoms with E-state index in [4.69, 9.17) is 4.74 Å². The van der Waals surface area contributed by atoms with Crippen LogP contribution in [0.5, 0.6) is 11.5 Å². The number of aromatic nitrogens is 4. The van der Waals surface area contributed by atoms with E-state index in [2.05, 4.69) is 42.5 Å². The molecule has 0 saturated carbocycles. The highest BCUT2D eigenvalue weighted by atomic mass is 16.5. The lowest BCUT2D eigenvalue weighted by Crippen LogP contribution is -2.44. The molecule has 0 bridgehead atoms. The van der Waals surface area contributed by atoms with Crippen molar-refractivity contribution >= 4 is 29.0 Å². The van der Waals surface area contributed by atoms with Crippen LogP contribution < -0.4 is 20.3 Å². The molecular formula is C26H30N8O2. The zero-order valence-corrected chi connectivity index (χ0v) is 20.6. The molecule has 0 amide bonds. The van der Waals surface area contributed by atoms with Crippen LogP contribution in [0.4, 0.5) is 29.0 Å². The van der Waals surface area contributed by atoms with Crippen LogP contribution in [-0.4, -0.2) is 70.1 Å². The number of phenolic OH excluding ortho intramolecular Hbond substituents is 1. The highest BCUT2D eigenvalue weighted by Gasteiger charge is 2.17. The van der Waals surface area contributed by atoms with Crippen molar-refractivity contribution < 1.29 is 9.84 Å². The maximum absolute atomic E-state index is 10.6. The van der Waals surface area contributed by atoms with Crippen molar-refractivity contribution in [3.8, 4) is 17.2 Å². The Labute approximate surface area is 210 Å². The van der Waals surface area contributed by atoms with Crippen molar-refractivity contribution in [3.05, 3.63) is 66.5 Å². The highest BCUT2D eigenvalue weighted by molar-refractivity contribution is 5.67. The van der Waals surface area contributed by atoms with Crippen molar-refractivity contribution in [2.24, 2.45) is 0 Å². The Kier molecular flexibility index (Phi) is 6.59. The zero-order valence-electron chi connectivity index (χ0n) is 20.6. The molecule has 1 aliphatic rings. The number of methoxy groups -OCH3 is 1. The normalized spacial score (nSPS) is 14.0. The third kappa shape index (κ3) is 5.18. The molecule has 4 aromatic rings. The smallest absolute Gasteiger partial charge is 0.229 e. The molecule has 2 aromatic carbocycles. The second kappa shape index (κ2) is 10.1. The summed E-state index contributed by atoms with van der Waals surface area (Å²) in [5, 5.41) is 21.8. The lowest BCUT2D eigenvalue weighted by Gasteiger charge is -2.34. The van der Waals surface area contributed by atoms with Crippen molar-refractivity contribution in [2.75, 3.05) is 55.9 Å². The lowest BCUT2D eigenvalue weighted by molar-refractivity contribution is 0.311. The Morgan fingerprint density at radius 1 is 0.944 bits per heavy atom. The minimum atomic E-state index is 0.234. The number of rotatable bonds is 7. The third-order valence-electron chi connectivity index (χ3n) is 6.14. The van der Waals surface area contributed by atoms with Crippen LogP contribution in [0.2, 0.25) is 0 Å². The second-order valence-electron chi connectivity index (χ2n) is 8.79. The van der Waals surface area contributed by atoms with Gasteiger partial charge in [0.1, 0.15) is 23.1 Å². The average molecular weight is 487 g/mol.